The second-order valence-corrected chi connectivity index (χ2v) is 7.35. The molecule has 0 unspecified atom stereocenters. The fourth-order valence-corrected chi connectivity index (χ4v) is 3.90. The van der Waals surface area contributed by atoms with E-state index in [1.54, 1.807) is 12.1 Å². The van der Waals surface area contributed by atoms with Crippen LogP contribution in [-0.2, 0) is 10.5 Å². The zero-order valence-electron chi connectivity index (χ0n) is 13.8. The van der Waals surface area contributed by atoms with Crippen molar-refractivity contribution in [3.05, 3.63) is 64.9 Å². The van der Waals surface area contributed by atoms with E-state index in [4.69, 9.17) is 11.6 Å². The number of anilines is 1. The van der Waals surface area contributed by atoms with Crippen LogP contribution >= 0.6 is 23.4 Å². The molecule has 3 nitrogen and oxygen atoms in total. The van der Waals surface area contributed by atoms with Crippen LogP contribution in [0, 0.1) is 5.82 Å². The first kappa shape index (κ1) is 18.1. The van der Waals surface area contributed by atoms with Gasteiger partial charge >= 0.3 is 0 Å². The van der Waals surface area contributed by atoms with Crippen LogP contribution in [0.1, 0.15) is 5.56 Å². The summed E-state index contributed by atoms with van der Waals surface area (Å²) in [6, 6.07) is 14.9. The van der Waals surface area contributed by atoms with Crippen LogP contribution in [-0.4, -0.2) is 42.7 Å². The van der Waals surface area contributed by atoms with Crippen LogP contribution in [0.3, 0.4) is 0 Å². The van der Waals surface area contributed by atoms with E-state index in [-0.39, 0.29) is 11.7 Å². The van der Waals surface area contributed by atoms with E-state index in [1.807, 2.05) is 23.1 Å². The highest BCUT2D eigenvalue weighted by Gasteiger charge is 2.21. The maximum atomic E-state index is 13.7. The Morgan fingerprint density at radius 3 is 2.48 bits per heavy atom. The highest BCUT2D eigenvalue weighted by Crippen LogP contribution is 2.20. The molecule has 1 aliphatic heterocycles. The lowest BCUT2D eigenvalue weighted by molar-refractivity contribution is -0.128. The van der Waals surface area contributed by atoms with Gasteiger partial charge in [0.15, 0.2) is 0 Å². The van der Waals surface area contributed by atoms with E-state index in [0.717, 1.165) is 26.2 Å². The molecule has 0 atom stereocenters. The van der Waals surface area contributed by atoms with E-state index in [9.17, 15) is 9.18 Å². The number of rotatable bonds is 5. The van der Waals surface area contributed by atoms with E-state index < -0.39 is 0 Å². The summed E-state index contributed by atoms with van der Waals surface area (Å²) < 4.78 is 13.7. The molecule has 1 heterocycles. The highest BCUT2D eigenvalue weighted by atomic mass is 35.5. The Morgan fingerprint density at radius 1 is 1.08 bits per heavy atom. The lowest BCUT2D eigenvalue weighted by atomic mass is 10.2. The minimum atomic E-state index is -0.316. The molecule has 1 saturated heterocycles. The Kier molecular flexibility index (Phi) is 6.21. The number of thioether (sulfide) groups is 1. The van der Waals surface area contributed by atoms with Crippen LogP contribution in [0.5, 0.6) is 0 Å². The van der Waals surface area contributed by atoms with Crippen LogP contribution in [0.4, 0.5) is 10.1 Å². The Balaban J connectivity index is 1.43. The van der Waals surface area contributed by atoms with Crippen LogP contribution in [0.25, 0.3) is 0 Å². The fraction of sp³-hybridized carbons (Fsp3) is 0.316. The van der Waals surface area contributed by atoms with Crippen LogP contribution < -0.4 is 4.90 Å². The summed E-state index contributed by atoms with van der Waals surface area (Å²) >= 11 is 7.18. The predicted octanol–water partition coefficient (Wildman–Crippen LogP) is 4.06. The molecule has 0 radical (unpaired) electrons. The smallest absolute Gasteiger partial charge is 0.232 e. The normalized spacial score (nSPS) is 14.6. The Morgan fingerprint density at radius 2 is 1.80 bits per heavy atom. The minimum absolute atomic E-state index is 0.118. The first-order valence-corrected chi connectivity index (χ1v) is 9.76. The van der Waals surface area contributed by atoms with Crippen molar-refractivity contribution < 1.29 is 9.18 Å². The number of benzene rings is 2. The van der Waals surface area contributed by atoms with Gasteiger partial charge in [0.2, 0.25) is 5.91 Å². The topological polar surface area (TPSA) is 23.6 Å². The maximum Gasteiger partial charge on any atom is 0.232 e. The summed E-state index contributed by atoms with van der Waals surface area (Å²) in [7, 11) is 0. The zero-order chi connectivity index (χ0) is 17.6. The quantitative estimate of drug-likeness (QED) is 0.783. The van der Waals surface area contributed by atoms with Gasteiger partial charge in [-0.05, 0) is 29.8 Å². The van der Waals surface area contributed by atoms with Crippen molar-refractivity contribution in [3.8, 4) is 0 Å². The van der Waals surface area contributed by atoms with Gasteiger partial charge in [-0.2, -0.15) is 0 Å². The van der Waals surface area contributed by atoms with Gasteiger partial charge in [0.1, 0.15) is 5.82 Å². The van der Waals surface area contributed by atoms with Crippen molar-refractivity contribution in [2.24, 2.45) is 0 Å². The maximum absolute atomic E-state index is 13.7. The van der Waals surface area contributed by atoms with Gasteiger partial charge in [-0.3, -0.25) is 4.79 Å². The molecule has 25 heavy (non-hydrogen) atoms. The SMILES string of the molecule is O=C(CSCc1ccc(Cl)cc1F)N1CCN(c2ccccc2)CC1. The molecule has 0 aliphatic carbocycles. The van der Waals surface area contributed by atoms with E-state index in [1.165, 1.54) is 23.5 Å². The Bertz CT molecular complexity index is 721. The highest BCUT2D eigenvalue weighted by molar-refractivity contribution is 7.99. The Hall–Kier alpha value is -1.72. The van der Waals surface area contributed by atoms with Gasteiger partial charge in [0.25, 0.3) is 0 Å². The molecule has 132 valence electrons. The van der Waals surface area contributed by atoms with Crippen molar-refractivity contribution in [2.45, 2.75) is 5.75 Å². The average molecular weight is 379 g/mol. The van der Waals surface area contributed by atoms with Gasteiger partial charge in [0.05, 0.1) is 5.75 Å². The molecule has 0 aromatic heterocycles. The second-order valence-electron chi connectivity index (χ2n) is 5.93. The summed E-state index contributed by atoms with van der Waals surface area (Å²) in [5.74, 6) is 0.641. The fourth-order valence-electron chi connectivity index (χ4n) is 2.83. The lowest BCUT2D eigenvalue weighted by Crippen LogP contribution is -2.49. The lowest BCUT2D eigenvalue weighted by Gasteiger charge is -2.36. The summed E-state index contributed by atoms with van der Waals surface area (Å²) in [5.41, 5.74) is 1.78. The molecular formula is C19H20ClFN2OS. The second kappa shape index (κ2) is 8.59. The molecule has 0 N–H and O–H groups in total. The standard InChI is InChI=1S/C19H20ClFN2OS/c20-16-7-6-15(18(21)12-16)13-25-14-19(24)23-10-8-22(9-11-23)17-4-2-1-3-5-17/h1-7,12H,8-11,13-14H2. The first-order valence-electron chi connectivity index (χ1n) is 8.23. The summed E-state index contributed by atoms with van der Waals surface area (Å²) in [4.78, 5) is 16.5. The minimum Gasteiger partial charge on any atom is -0.368 e. The van der Waals surface area contributed by atoms with Crippen molar-refractivity contribution in [1.82, 2.24) is 4.90 Å². The Labute approximate surface area is 156 Å². The van der Waals surface area contributed by atoms with E-state index in [0.29, 0.717) is 22.1 Å². The summed E-state index contributed by atoms with van der Waals surface area (Å²) in [5, 5.41) is 0.388. The molecule has 3 rings (SSSR count). The number of hydrogen-bond acceptors (Lipinski definition) is 3. The predicted molar refractivity (Wildman–Crippen MR) is 103 cm³/mol. The van der Waals surface area contributed by atoms with Gasteiger partial charge < -0.3 is 9.80 Å². The third kappa shape index (κ3) is 4.89. The van der Waals surface area contributed by atoms with Gasteiger partial charge in [-0.1, -0.05) is 35.9 Å². The number of halogens is 2. The van der Waals surface area contributed by atoms with E-state index in [2.05, 4.69) is 17.0 Å². The molecule has 6 heteroatoms. The van der Waals surface area contributed by atoms with Crippen molar-refractivity contribution in [1.29, 1.82) is 0 Å². The van der Waals surface area contributed by atoms with Crippen LogP contribution in [0.2, 0.25) is 5.02 Å². The van der Waals surface area contributed by atoms with E-state index >= 15 is 0 Å². The van der Waals surface area contributed by atoms with Gasteiger partial charge in [-0.25, -0.2) is 4.39 Å². The number of carbonyl (C=O) groups excluding carboxylic acids is 1. The number of carbonyl (C=O) groups is 1. The molecule has 1 aliphatic rings. The molecule has 0 saturated carbocycles. The molecule has 1 amide bonds. The third-order valence-electron chi connectivity index (χ3n) is 4.25. The molecule has 0 spiro atoms. The number of amides is 1. The zero-order valence-corrected chi connectivity index (χ0v) is 15.4. The van der Waals surface area contributed by atoms with Crippen molar-refractivity contribution in [2.75, 3.05) is 36.8 Å². The number of hydrogen-bond donors (Lipinski definition) is 0. The molecule has 2 aromatic rings. The van der Waals surface area contributed by atoms with Crippen molar-refractivity contribution in [3.63, 3.8) is 0 Å². The number of para-hydroxylation sites is 1. The summed E-state index contributed by atoms with van der Waals surface area (Å²) in [6.45, 7) is 3.13. The molecule has 2 aromatic carbocycles. The third-order valence-corrected chi connectivity index (χ3v) is 5.45. The number of piperazine rings is 1. The molecular weight excluding hydrogens is 359 g/mol. The number of nitrogens with zero attached hydrogens (tertiary/aromatic N) is 2. The summed E-state index contributed by atoms with van der Waals surface area (Å²) in [6.07, 6.45) is 0. The largest absolute Gasteiger partial charge is 0.368 e. The van der Waals surface area contributed by atoms with Gasteiger partial charge in [-0.15, -0.1) is 11.8 Å². The average Bonchev–Trinajstić information content (AvgIpc) is 2.64. The molecule has 1 fully saturated rings. The monoisotopic (exact) mass is 378 g/mol. The molecule has 0 bridgehead atoms. The van der Waals surface area contributed by atoms with Gasteiger partial charge in [0, 0.05) is 42.6 Å². The first-order chi connectivity index (χ1) is 12.1. The van der Waals surface area contributed by atoms with Crippen molar-refractivity contribution >= 4 is 35.0 Å². The van der Waals surface area contributed by atoms with Crippen LogP contribution in [0.15, 0.2) is 48.5 Å².